The molecule has 6 aliphatic rings. The standard InChI is InChI=1S/C29H30N4O4.C18H21N3O4/c1-17-3-5-20-12-19(4-8-25(20)30-17)14-32-16-23(11-18(32)2)37-22-6-7-24-21(13-22)15-33(29(24)36)26-9-10-27(34)31-28(26)35;1-10-6-13(8-19-10)25-12-2-3-14-11(7-12)9-21(18(14)24)15-4-5-16(22)20-17(15)23/h3-8,12-13,18,23,26H,9-11,14-16H2,1-2H3,(H,31,34,35);2-3,7,10,13,15,19H,4-6,8-9H2,1H3,(H,20,22,23)/t18-,23+,26?;10-,13+,15?/m11/s1. The van der Waals surface area contributed by atoms with E-state index in [-0.39, 0.29) is 54.6 Å². The van der Waals surface area contributed by atoms with Crippen LogP contribution >= 0.6 is 0 Å². The van der Waals surface area contributed by atoms with Gasteiger partial charge in [0.1, 0.15) is 35.8 Å². The number of likely N-dealkylation sites (tertiary alicyclic amines) is 1. The van der Waals surface area contributed by atoms with E-state index in [0.29, 0.717) is 49.1 Å². The molecule has 62 heavy (non-hydrogen) atoms. The number of ether oxygens (including phenoxy) is 2. The Hall–Kier alpha value is -6.19. The van der Waals surface area contributed by atoms with Gasteiger partial charge in [0.2, 0.25) is 23.6 Å². The van der Waals surface area contributed by atoms with Crippen LogP contribution in [0.4, 0.5) is 0 Å². The summed E-state index contributed by atoms with van der Waals surface area (Å²) in [5.74, 6) is -0.189. The van der Waals surface area contributed by atoms with Gasteiger partial charge in [-0.05, 0) is 105 Å². The molecule has 0 spiro atoms. The number of piperidine rings is 2. The van der Waals surface area contributed by atoms with Crippen LogP contribution in [0.2, 0.25) is 0 Å². The number of imide groups is 2. The van der Waals surface area contributed by atoms with Crippen molar-refractivity contribution in [2.75, 3.05) is 13.1 Å². The number of rotatable bonds is 8. The van der Waals surface area contributed by atoms with Crippen LogP contribution in [0.1, 0.15) is 95.5 Å². The molecule has 322 valence electrons. The molecule has 15 nitrogen and oxygen atoms in total. The zero-order valence-electron chi connectivity index (χ0n) is 35.1. The molecule has 0 aliphatic carbocycles. The smallest absolute Gasteiger partial charge is 0.255 e. The van der Waals surface area contributed by atoms with Gasteiger partial charge in [0.15, 0.2) is 0 Å². The molecule has 2 unspecified atom stereocenters. The highest BCUT2D eigenvalue weighted by Crippen LogP contribution is 2.33. The number of carbonyl (C=O) groups excluding carboxylic acids is 6. The molecular formula is C47H51N7O8. The second-order valence-corrected chi connectivity index (χ2v) is 17.5. The average molecular weight is 842 g/mol. The largest absolute Gasteiger partial charge is 0.489 e. The maximum absolute atomic E-state index is 12.9. The van der Waals surface area contributed by atoms with Gasteiger partial charge >= 0.3 is 0 Å². The fourth-order valence-corrected chi connectivity index (χ4v) is 9.58. The predicted molar refractivity (Wildman–Crippen MR) is 227 cm³/mol. The van der Waals surface area contributed by atoms with E-state index in [2.05, 4.69) is 63.9 Å². The van der Waals surface area contributed by atoms with E-state index in [1.54, 1.807) is 21.9 Å². The first-order valence-corrected chi connectivity index (χ1v) is 21.6. The number of pyridine rings is 1. The Morgan fingerprint density at radius 3 is 1.85 bits per heavy atom. The number of amides is 6. The Labute approximate surface area is 359 Å². The van der Waals surface area contributed by atoms with Crippen LogP contribution in [0.3, 0.4) is 0 Å². The third kappa shape index (κ3) is 8.51. The number of nitrogens with one attached hydrogen (secondary N) is 3. The molecule has 6 aliphatic heterocycles. The van der Waals surface area contributed by atoms with Crippen LogP contribution in [0.15, 0.2) is 66.7 Å². The van der Waals surface area contributed by atoms with Crippen LogP contribution in [-0.2, 0) is 38.8 Å². The molecule has 7 heterocycles. The first kappa shape index (κ1) is 41.2. The molecule has 0 radical (unpaired) electrons. The van der Waals surface area contributed by atoms with Crippen molar-refractivity contribution in [1.29, 1.82) is 0 Å². The fourth-order valence-electron chi connectivity index (χ4n) is 9.58. The lowest BCUT2D eigenvalue weighted by Gasteiger charge is -2.29. The summed E-state index contributed by atoms with van der Waals surface area (Å²) in [6, 6.07) is 21.3. The van der Waals surface area contributed by atoms with Crippen molar-refractivity contribution in [2.45, 2.75) is 115 Å². The zero-order valence-corrected chi connectivity index (χ0v) is 35.1. The average Bonchev–Trinajstić information content (AvgIpc) is 3.99. The number of fused-ring (bicyclic) bond motifs is 3. The van der Waals surface area contributed by atoms with E-state index in [9.17, 15) is 28.8 Å². The number of nitrogens with zero attached hydrogens (tertiary/aromatic N) is 4. The Balaban J connectivity index is 0.000000171. The lowest BCUT2D eigenvalue weighted by molar-refractivity contribution is -0.138. The number of carbonyl (C=O) groups is 6. The minimum absolute atomic E-state index is 0.0566. The molecule has 6 atom stereocenters. The quantitative estimate of drug-likeness (QED) is 0.219. The van der Waals surface area contributed by atoms with Crippen LogP contribution < -0.4 is 25.4 Å². The van der Waals surface area contributed by atoms with E-state index < -0.39 is 18.0 Å². The van der Waals surface area contributed by atoms with Gasteiger partial charge in [-0.1, -0.05) is 12.1 Å². The van der Waals surface area contributed by atoms with E-state index in [1.165, 1.54) is 5.56 Å². The van der Waals surface area contributed by atoms with Gasteiger partial charge in [0.25, 0.3) is 11.8 Å². The molecule has 1 aromatic heterocycles. The molecule has 0 bridgehead atoms. The minimum atomic E-state index is -0.610. The molecule has 6 amide bonds. The molecule has 10 rings (SSSR count). The summed E-state index contributed by atoms with van der Waals surface area (Å²) in [6.45, 7) is 9.58. The van der Waals surface area contributed by atoms with Gasteiger partial charge in [-0.25, -0.2) is 0 Å². The molecule has 3 N–H and O–H groups in total. The third-order valence-electron chi connectivity index (χ3n) is 12.8. The van der Waals surface area contributed by atoms with E-state index in [0.717, 1.165) is 71.7 Å². The van der Waals surface area contributed by atoms with Gasteiger partial charge in [-0.3, -0.25) is 49.3 Å². The van der Waals surface area contributed by atoms with Gasteiger partial charge in [-0.2, -0.15) is 0 Å². The molecule has 3 aromatic carbocycles. The maximum atomic E-state index is 12.9. The summed E-state index contributed by atoms with van der Waals surface area (Å²) in [5.41, 5.74) is 6.23. The van der Waals surface area contributed by atoms with Crippen molar-refractivity contribution in [1.82, 2.24) is 35.6 Å². The van der Waals surface area contributed by atoms with Crippen LogP contribution in [0.25, 0.3) is 10.9 Å². The molecule has 15 heteroatoms. The molecule has 0 saturated carbocycles. The number of aromatic nitrogens is 1. The van der Waals surface area contributed by atoms with Crippen LogP contribution in [0, 0.1) is 6.92 Å². The summed E-state index contributed by atoms with van der Waals surface area (Å²) in [5, 5.41) is 9.16. The van der Waals surface area contributed by atoms with E-state index in [4.69, 9.17) is 9.47 Å². The fraction of sp³-hybridized carbons (Fsp3) is 0.426. The second kappa shape index (κ2) is 16.9. The topological polar surface area (TPSA) is 180 Å². The van der Waals surface area contributed by atoms with Crippen molar-refractivity contribution in [3.63, 3.8) is 0 Å². The van der Waals surface area contributed by atoms with Gasteiger partial charge < -0.3 is 24.6 Å². The number of aryl methyl sites for hydroxylation is 1. The normalized spacial score (nSPS) is 26.0. The number of benzene rings is 3. The monoisotopic (exact) mass is 841 g/mol. The first-order valence-electron chi connectivity index (χ1n) is 21.6. The summed E-state index contributed by atoms with van der Waals surface area (Å²) in [4.78, 5) is 82.9. The lowest BCUT2D eigenvalue weighted by Crippen LogP contribution is -2.52. The van der Waals surface area contributed by atoms with E-state index >= 15 is 0 Å². The number of hydrogen-bond acceptors (Lipinski definition) is 11. The molecule has 4 saturated heterocycles. The first-order chi connectivity index (χ1) is 29.8. The lowest BCUT2D eigenvalue weighted by atomic mass is 10.0. The summed E-state index contributed by atoms with van der Waals surface area (Å²) in [6.07, 6.45) is 3.31. The Morgan fingerprint density at radius 1 is 0.694 bits per heavy atom. The van der Waals surface area contributed by atoms with Crippen LogP contribution in [-0.4, -0.2) is 105 Å². The zero-order chi connectivity index (χ0) is 43.2. The van der Waals surface area contributed by atoms with Crippen molar-refractivity contribution >= 4 is 46.3 Å². The minimum Gasteiger partial charge on any atom is -0.489 e. The van der Waals surface area contributed by atoms with Gasteiger partial charge in [-0.15, -0.1) is 0 Å². The predicted octanol–water partition coefficient (Wildman–Crippen LogP) is 3.92. The molecular weight excluding hydrogens is 791 g/mol. The van der Waals surface area contributed by atoms with Crippen molar-refractivity contribution < 1.29 is 38.2 Å². The van der Waals surface area contributed by atoms with Gasteiger partial charge in [0, 0.05) is 92.7 Å². The number of hydrogen-bond donors (Lipinski definition) is 3. The maximum Gasteiger partial charge on any atom is 0.255 e. The van der Waals surface area contributed by atoms with E-state index in [1.807, 2.05) is 37.3 Å². The highest BCUT2D eigenvalue weighted by atomic mass is 16.5. The second-order valence-electron chi connectivity index (χ2n) is 17.5. The highest BCUT2D eigenvalue weighted by molar-refractivity contribution is 6.06. The molecule has 4 aromatic rings. The molecule has 4 fully saturated rings. The van der Waals surface area contributed by atoms with Crippen molar-refractivity contribution in [3.05, 3.63) is 100 Å². The Kier molecular flexibility index (Phi) is 11.2. The highest BCUT2D eigenvalue weighted by Gasteiger charge is 2.41. The summed E-state index contributed by atoms with van der Waals surface area (Å²) in [7, 11) is 0. The summed E-state index contributed by atoms with van der Waals surface area (Å²) >= 11 is 0. The SMILES string of the molecule is C[C@@H]1C[C@H](Oc2ccc3c(c2)CN(C2CCC(=O)NC2=O)C3=O)CN1.Cc1ccc2cc(CN3C[C@@H](Oc4ccc5c(c4)CN(C4CCC(=O)NC4=O)C5=O)C[C@H]3C)ccc2n1. The summed E-state index contributed by atoms with van der Waals surface area (Å²) < 4.78 is 12.4. The van der Waals surface area contributed by atoms with Crippen molar-refractivity contribution in [2.24, 2.45) is 0 Å². The van der Waals surface area contributed by atoms with Crippen LogP contribution in [0.5, 0.6) is 11.5 Å². The Bertz CT molecular complexity index is 2490. The third-order valence-corrected chi connectivity index (χ3v) is 12.8. The van der Waals surface area contributed by atoms with Gasteiger partial charge in [0.05, 0.1) is 5.52 Å². The van der Waals surface area contributed by atoms with Crippen molar-refractivity contribution in [3.8, 4) is 11.5 Å². The Morgan fingerprint density at radius 2 is 1.29 bits per heavy atom.